The molecule has 88 valence electrons. The minimum Gasteiger partial charge on any atom is -0.550 e. The summed E-state index contributed by atoms with van der Waals surface area (Å²) in [6.45, 7) is 5.08. The number of hydrogen-bond donors (Lipinski definition) is 1. The molecule has 0 radical (unpaired) electrons. The van der Waals surface area contributed by atoms with Gasteiger partial charge in [0, 0.05) is 18.3 Å². The van der Waals surface area contributed by atoms with Crippen molar-refractivity contribution in [2.45, 2.75) is 38.7 Å². The van der Waals surface area contributed by atoms with Gasteiger partial charge in [0.25, 0.3) is 0 Å². The molecule has 0 saturated carbocycles. The Kier molecular flexibility index (Phi) is 3.70. The molecular formula is C13H17O3-. The van der Waals surface area contributed by atoms with Gasteiger partial charge in [0.15, 0.2) is 0 Å². The van der Waals surface area contributed by atoms with Crippen molar-refractivity contribution in [1.29, 1.82) is 0 Å². The van der Waals surface area contributed by atoms with Crippen molar-refractivity contribution in [2.75, 3.05) is 0 Å². The van der Waals surface area contributed by atoms with Gasteiger partial charge in [0.1, 0.15) is 0 Å². The van der Waals surface area contributed by atoms with E-state index >= 15 is 0 Å². The third-order valence-electron chi connectivity index (χ3n) is 2.47. The molecule has 0 spiro atoms. The molecule has 1 aromatic carbocycles. The molecule has 0 aromatic heterocycles. The Morgan fingerprint density at radius 1 is 1.38 bits per heavy atom. The number of carbonyl (C=O) groups excluding carboxylic acids is 1. The van der Waals surface area contributed by atoms with E-state index in [2.05, 4.69) is 0 Å². The van der Waals surface area contributed by atoms with Gasteiger partial charge >= 0.3 is 0 Å². The molecule has 3 nitrogen and oxygen atoms in total. The summed E-state index contributed by atoms with van der Waals surface area (Å²) in [7, 11) is 0. The molecule has 0 amide bonds. The van der Waals surface area contributed by atoms with Crippen molar-refractivity contribution in [1.82, 2.24) is 0 Å². The van der Waals surface area contributed by atoms with Crippen LogP contribution in [0.5, 0.6) is 0 Å². The zero-order valence-electron chi connectivity index (χ0n) is 9.86. The highest BCUT2D eigenvalue weighted by Crippen LogP contribution is 2.18. The second-order valence-corrected chi connectivity index (χ2v) is 4.77. The monoisotopic (exact) mass is 221 g/mol. The maximum atomic E-state index is 10.7. The highest BCUT2D eigenvalue weighted by atomic mass is 16.4. The van der Waals surface area contributed by atoms with E-state index in [1.807, 2.05) is 12.1 Å². The zero-order chi connectivity index (χ0) is 12.3. The van der Waals surface area contributed by atoms with E-state index in [9.17, 15) is 15.0 Å². The lowest BCUT2D eigenvalue weighted by Crippen LogP contribution is -2.28. The lowest BCUT2D eigenvalue weighted by molar-refractivity contribution is -0.307. The van der Waals surface area contributed by atoms with Crippen LogP contribution in [0.4, 0.5) is 0 Å². The molecule has 0 saturated heterocycles. The van der Waals surface area contributed by atoms with Crippen molar-refractivity contribution in [3.63, 3.8) is 0 Å². The normalized spacial score (nSPS) is 13.5. The average molecular weight is 221 g/mol. The minimum atomic E-state index is -1.07. The predicted molar refractivity (Wildman–Crippen MR) is 59.9 cm³/mol. The van der Waals surface area contributed by atoms with E-state index in [1.165, 1.54) is 0 Å². The summed E-state index contributed by atoms with van der Waals surface area (Å²) in [4.78, 5) is 10.7. The lowest BCUT2D eigenvalue weighted by Gasteiger charge is -2.18. The molecule has 1 aromatic rings. The number of carboxylic acid groups (broad SMARTS) is 1. The van der Waals surface area contributed by atoms with Crippen LogP contribution in [0.2, 0.25) is 0 Å². The van der Waals surface area contributed by atoms with E-state index in [0.29, 0.717) is 6.42 Å². The molecule has 1 atom stereocenters. The van der Waals surface area contributed by atoms with E-state index < -0.39 is 17.5 Å². The van der Waals surface area contributed by atoms with Gasteiger partial charge in [-0.15, -0.1) is 0 Å². The van der Waals surface area contributed by atoms with Gasteiger partial charge < -0.3 is 15.0 Å². The third-order valence-corrected chi connectivity index (χ3v) is 2.47. The number of hydrogen-bond acceptors (Lipinski definition) is 3. The van der Waals surface area contributed by atoms with Gasteiger partial charge in [-0.1, -0.05) is 31.2 Å². The number of aliphatic hydroxyl groups is 1. The Hall–Kier alpha value is -1.35. The summed E-state index contributed by atoms with van der Waals surface area (Å²) in [5, 5.41) is 20.3. The van der Waals surface area contributed by atoms with Crippen molar-refractivity contribution >= 4 is 5.97 Å². The van der Waals surface area contributed by atoms with Crippen LogP contribution < -0.4 is 5.11 Å². The average Bonchev–Trinajstić information content (AvgIpc) is 2.15. The molecule has 0 aliphatic heterocycles. The summed E-state index contributed by atoms with van der Waals surface area (Å²) >= 11 is 0. The molecule has 1 unspecified atom stereocenters. The van der Waals surface area contributed by atoms with E-state index in [-0.39, 0.29) is 0 Å². The fraction of sp³-hybridized carbons (Fsp3) is 0.462. The van der Waals surface area contributed by atoms with Crippen LogP contribution in [0.3, 0.4) is 0 Å². The first kappa shape index (κ1) is 12.7. The molecule has 0 aliphatic carbocycles. The highest BCUT2D eigenvalue weighted by molar-refractivity contribution is 5.73. The second-order valence-electron chi connectivity index (χ2n) is 4.77. The number of benzene rings is 1. The summed E-state index contributed by atoms with van der Waals surface area (Å²) in [6, 6.07) is 7.21. The Bertz CT molecular complexity index is 360. The quantitative estimate of drug-likeness (QED) is 0.820. The number of carboxylic acids is 1. The Labute approximate surface area is 95.7 Å². The highest BCUT2D eigenvalue weighted by Gasteiger charge is 2.13. The molecule has 0 fully saturated rings. The fourth-order valence-corrected chi connectivity index (χ4v) is 1.56. The standard InChI is InChI=1S/C13H18O3/c1-9(12(14)15)11-6-4-10(5-7-11)8-13(2,3)16/h4-7,9,16H,8H2,1-3H3,(H,14,15)/p-1. The van der Waals surface area contributed by atoms with Crippen LogP contribution >= 0.6 is 0 Å². The van der Waals surface area contributed by atoms with Crippen molar-refractivity contribution < 1.29 is 15.0 Å². The van der Waals surface area contributed by atoms with Crippen LogP contribution in [0.1, 0.15) is 37.8 Å². The predicted octanol–water partition coefficient (Wildman–Crippen LogP) is 0.853. The van der Waals surface area contributed by atoms with E-state index in [1.54, 1.807) is 32.9 Å². The molecule has 1 rings (SSSR count). The number of carbonyl (C=O) groups is 1. The van der Waals surface area contributed by atoms with Crippen molar-refractivity contribution in [3.8, 4) is 0 Å². The molecule has 0 bridgehead atoms. The fourth-order valence-electron chi connectivity index (χ4n) is 1.56. The lowest BCUT2D eigenvalue weighted by atomic mass is 9.95. The SMILES string of the molecule is CC(C(=O)[O-])c1ccc(CC(C)(C)O)cc1. The van der Waals surface area contributed by atoms with Crippen LogP contribution in [-0.4, -0.2) is 16.7 Å². The van der Waals surface area contributed by atoms with Crippen LogP contribution in [-0.2, 0) is 11.2 Å². The Morgan fingerprint density at radius 3 is 2.25 bits per heavy atom. The summed E-state index contributed by atoms with van der Waals surface area (Å²) in [5.41, 5.74) is 0.961. The largest absolute Gasteiger partial charge is 0.550 e. The summed E-state index contributed by atoms with van der Waals surface area (Å²) in [6.07, 6.45) is 0.549. The first-order valence-corrected chi connectivity index (χ1v) is 5.32. The van der Waals surface area contributed by atoms with Gasteiger partial charge in [-0.2, -0.15) is 0 Å². The zero-order valence-corrected chi connectivity index (χ0v) is 9.86. The van der Waals surface area contributed by atoms with Crippen LogP contribution in [0.15, 0.2) is 24.3 Å². The van der Waals surface area contributed by atoms with Crippen molar-refractivity contribution in [2.24, 2.45) is 0 Å². The maximum absolute atomic E-state index is 10.7. The van der Waals surface area contributed by atoms with Gasteiger partial charge in [0.05, 0.1) is 5.60 Å². The van der Waals surface area contributed by atoms with E-state index in [0.717, 1.165) is 11.1 Å². The van der Waals surface area contributed by atoms with Gasteiger partial charge in [-0.25, -0.2) is 0 Å². The van der Waals surface area contributed by atoms with Crippen LogP contribution in [0.25, 0.3) is 0 Å². The molecule has 0 aliphatic rings. The van der Waals surface area contributed by atoms with Gasteiger partial charge in [-0.05, 0) is 25.0 Å². The first-order chi connectivity index (χ1) is 7.29. The topological polar surface area (TPSA) is 60.4 Å². The molecular weight excluding hydrogens is 204 g/mol. The smallest absolute Gasteiger partial charge is 0.0631 e. The van der Waals surface area contributed by atoms with Crippen LogP contribution in [0, 0.1) is 0 Å². The maximum Gasteiger partial charge on any atom is 0.0631 e. The van der Waals surface area contributed by atoms with Gasteiger partial charge in [0.2, 0.25) is 0 Å². The van der Waals surface area contributed by atoms with E-state index in [4.69, 9.17) is 0 Å². The molecule has 1 N–H and O–H groups in total. The number of aliphatic carboxylic acids is 1. The van der Waals surface area contributed by atoms with Gasteiger partial charge in [-0.3, -0.25) is 0 Å². The second kappa shape index (κ2) is 4.66. The summed E-state index contributed by atoms with van der Waals surface area (Å²) in [5.74, 6) is -1.67. The minimum absolute atomic E-state index is 0.549. The summed E-state index contributed by atoms with van der Waals surface area (Å²) < 4.78 is 0. The first-order valence-electron chi connectivity index (χ1n) is 5.32. The Morgan fingerprint density at radius 2 is 1.88 bits per heavy atom. The molecule has 0 heterocycles. The number of rotatable bonds is 4. The third kappa shape index (κ3) is 3.66. The molecule has 3 heteroatoms. The Balaban J connectivity index is 2.79. The molecule has 16 heavy (non-hydrogen) atoms. The van der Waals surface area contributed by atoms with Crippen molar-refractivity contribution in [3.05, 3.63) is 35.4 Å².